The molecule has 8 heteroatoms. The normalized spacial score (nSPS) is 21.4. The van der Waals surface area contributed by atoms with Crippen LogP contribution in [0.25, 0.3) is 0 Å². The van der Waals surface area contributed by atoms with Crippen LogP contribution in [0.1, 0.15) is 32.1 Å². The van der Waals surface area contributed by atoms with Crippen molar-refractivity contribution in [2.24, 2.45) is 0 Å². The Morgan fingerprint density at radius 2 is 1.82 bits per heavy atom. The van der Waals surface area contributed by atoms with Crippen LogP contribution in [0.4, 0.5) is 10.5 Å². The highest BCUT2D eigenvalue weighted by Gasteiger charge is 2.34. The third-order valence-electron chi connectivity index (χ3n) is 5.30. The number of para-hydroxylation sites is 2. The maximum atomic E-state index is 12.9. The Hall–Kier alpha value is -2.77. The van der Waals surface area contributed by atoms with Crippen molar-refractivity contribution in [2.75, 3.05) is 31.1 Å². The summed E-state index contributed by atoms with van der Waals surface area (Å²) in [5.41, 5.74) is 0.753. The van der Waals surface area contributed by atoms with Crippen LogP contribution >= 0.6 is 0 Å². The number of nitrogens with one attached hydrogen (secondary N) is 2. The maximum Gasteiger partial charge on any atom is 0.321 e. The van der Waals surface area contributed by atoms with Crippen molar-refractivity contribution in [3.8, 4) is 5.75 Å². The molecular formula is C20H26N4O4. The lowest BCUT2D eigenvalue weighted by Crippen LogP contribution is -2.53. The number of hydrogen-bond acceptors (Lipinski definition) is 5. The van der Waals surface area contributed by atoms with Gasteiger partial charge < -0.3 is 19.9 Å². The number of imide groups is 1. The SMILES string of the molecule is O=C(CN1C[C@H](C(=O)N2CCCCC2)Oc2ccccc21)NC(=O)NC1CC1. The molecule has 28 heavy (non-hydrogen) atoms. The van der Waals surface area contributed by atoms with Crippen LogP contribution in [0, 0.1) is 0 Å². The summed E-state index contributed by atoms with van der Waals surface area (Å²) in [6.45, 7) is 1.77. The fraction of sp³-hybridized carbons (Fsp3) is 0.550. The van der Waals surface area contributed by atoms with Crippen LogP contribution in [0.2, 0.25) is 0 Å². The molecule has 1 aromatic rings. The Bertz CT molecular complexity index is 758. The van der Waals surface area contributed by atoms with E-state index in [4.69, 9.17) is 4.74 Å². The Kier molecular flexibility index (Phi) is 5.36. The molecule has 3 aliphatic rings. The summed E-state index contributed by atoms with van der Waals surface area (Å²) in [5.74, 6) is 0.143. The van der Waals surface area contributed by atoms with Gasteiger partial charge in [-0.25, -0.2) is 4.79 Å². The molecule has 1 saturated heterocycles. The van der Waals surface area contributed by atoms with Gasteiger partial charge in [0.1, 0.15) is 5.75 Å². The van der Waals surface area contributed by atoms with Gasteiger partial charge in [-0.1, -0.05) is 12.1 Å². The highest BCUT2D eigenvalue weighted by Crippen LogP contribution is 2.33. The second-order valence-corrected chi connectivity index (χ2v) is 7.64. The molecular weight excluding hydrogens is 360 g/mol. The molecule has 4 amide bonds. The maximum absolute atomic E-state index is 12.9. The fourth-order valence-electron chi connectivity index (χ4n) is 3.69. The summed E-state index contributed by atoms with van der Waals surface area (Å²) >= 11 is 0. The van der Waals surface area contributed by atoms with Crippen molar-refractivity contribution in [3.63, 3.8) is 0 Å². The van der Waals surface area contributed by atoms with Crippen LogP contribution in [0.15, 0.2) is 24.3 Å². The number of carbonyl (C=O) groups is 3. The number of carbonyl (C=O) groups excluding carboxylic acids is 3. The van der Waals surface area contributed by atoms with Gasteiger partial charge in [0.15, 0.2) is 6.10 Å². The molecule has 150 valence electrons. The van der Waals surface area contributed by atoms with E-state index >= 15 is 0 Å². The second-order valence-electron chi connectivity index (χ2n) is 7.64. The molecule has 4 rings (SSSR count). The number of benzene rings is 1. The zero-order valence-corrected chi connectivity index (χ0v) is 15.9. The van der Waals surface area contributed by atoms with Gasteiger partial charge in [-0.05, 0) is 44.2 Å². The smallest absolute Gasteiger partial charge is 0.321 e. The Labute approximate surface area is 164 Å². The molecule has 2 N–H and O–H groups in total. The van der Waals surface area contributed by atoms with E-state index in [0.717, 1.165) is 50.9 Å². The third-order valence-corrected chi connectivity index (χ3v) is 5.30. The number of nitrogens with zero attached hydrogens (tertiary/aromatic N) is 2. The summed E-state index contributed by atoms with van der Waals surface area (Å²) in [6, 6.07) is 7.08. The standard InChI is InChI=1S/C20H26N4O4/c25-18(22-20(27)21-14-8-9-14)13-24-12-17(19(26)23-10-4-1-5-11-23)28-16-7-3-2-6-15(16)24/h2-3,6-7,14,17H,1,4-5,8-13H2,(H2,21,22,25,27)/t17-/m1/s1. The zero-order valence-electron chi connectivity index (χ0n) is 15.9. The molecule has 2 aliphatic heterocycles. The zero-order chi connectivity index (χ0) is 19.5. The van der Waals surface area contributed by atoms with Crippen molar-refractivity contribution < 1.29 is 19.1 Å². The number of hydrogen-bond donors (Lipinski definition) is 2. The van der Waals surface area contributed by atoms with Gasteiger partial charge in [0.05, 0.1) is 18.8 Å². The summed E-state index contributed by atoms with van der Waals surface area (Å²) in [7, 11) is 0. The van der Waals surface area contributed by atoms with Crippen molar-refractivity contribution in [1.82, 2.24) is 15.5 Å². The molecule has 1 aromatic carbocycles. The molecule has 1 atom stereocenters. The minimum Gasteiger partial charge on any atom is -0.477 e. The number of ether oxygens (including phenoxy) is 1. The van der Waals surface area contributed by atoms with Gasteiger partial charge >= 0.3 is 6.03 Å². The van der Waals surface area contributed by atoms with Gasteiger partial charge in [0.25, 0.3) is 5.91 Å². The summed E-state index contributed by atoms with van der Waals surface area (Å²) in [5, 5.41) is 5.11. The first-order valence-corrected chi connectivity index (χ1v) is 10.00. The first kappa shape index (κ1) is 18.6. The third kappa shape index (κ3) is 4.37. The van der Waals surface area contributed by atoms with Gasteiger partial charge in [0, 0.05) is 19.1 Å². The number of fused-ring (bicyclic) bond motifs is 1. The van der Waals surface area contributed by atoms with Crippen LogP contribution in [0.5, 0.6) is 5.75 Å². The molecule has 0 radical (unpaired) electrons. The Morgan fingerprint density at radius 1 is 1.07 bits per heavy atom. The van der Waals surface area contributed by atoms with Crippen molar-refractivity contribution in [2.45, 2.75) is 44.2 Å². The van der Waals surface area contributed by atoms with Crippen LogP contribution in [0.3, 0.4) is 0 Å². The van der Waals surface area contributed by atoms with E-state index in [9.17, 15) is 14.4 Å². The van der Waals surface area contributed by atoms with E-state index in [1.807, 2.05) is 28.0 Å². The van der Waals surface area contributed by atoms with E-state index in [1.54, 1.807) is 6.07 Å². The van der Waals surface area contributed by atoms with Crippen molar-refractivity contribution in [3.05, 3.63) is 24.3 Å². The van der Waals surface area contributed by atoms with Gasteiger partial charge in [-0.15, -0.1) is 0 Å². The van der Waals surface area contributed by atoms with Crippen molar-refractivity contribution in [1.29, 1.82) is 0 Å². The van der Waals surface area contributed by atoms with Gasteiger partial charge in [-0.3, -0.25) is 14.9 Å². The van der Waals surface area contributed by atoms with E-state index in [0.29, 0.717) is 5.75 Å². The fourth-order valence-corrected chi connectivity index (χ4v) is 3.69. The number of piperidine rings is 1. The number of amides is 4. The molecule has 1 aliphatic carbocycles. The Morgan fingerprint density at radius 3 is 2.57 bits per heavy atom. The first-order chi connectivity index (χ1) is 13.6. The average molecular weight is 386 g/mol. The topological polar surface area (TPSA) is 91.0 Å². The molecule has 0 spiro atoms. The summed E-state index contributed by atoms with van der Waals surface area (Å²) in [4.78, 5) is 40.8. The van der Waals surface area contributed by atoms with E-state index < -0.39 is 18.0 Å². The van der Waals surface area contributed by atoms with Crippen LogP contribution < -0.4 is 20.3 Å². The molecule has 0 aromatic heterocycles. The lowest BCUT2D eigenvalue weighted by atomic mass is 10.1. The van der Waals surface area contributed by atoms with Crippen molar-refractivity contribution >= 4 is 23.5 Å². The lowest BCUT2D eigenvalue weighted by molar-refractivity contribution is -0.139. The highest BCUT2D eigenvalue weighted by atomic mass is 16.5. The summed E-state index contributed by atoms with van der Waals surface area (Å²) < 4.78 is 5.96. The summed E-state index contributed by atoms with van der Waals surface area (Å²) in [6.07, 6.45) is 4.43. The highest BCUT2D eigenvalue weighted by molar-refractivity contribution is 5.97. The van der Waals surface area contributed by atoms with Crippen LogP contribution in [-0.2, 0) is 9.59 Å². The quantitative estimate of drug-likeness (QED) is 0.813. The largest absolute Gasteiger partial charge is 0.477 e. The minimum absolute atomic E-state index is 0.0117. The minimum atomic E-state index is -0.652. The average Bonchev–Trinajstić information content (AvgIpc) is 3.51. The van der Waals surface area contributed by atoms with E-state index in [1.165, 1.54) is 0 Å². The predicted molar refractivity (Wildman–Crippen MR) is 103 cm³/mol. The molecule has 1 saturated carbocycles. The van der Waals surface area contributed by atoms with E-state index in [2.05, 4.69) is 10.6 Å². The predicted octanol–water partition coefficient (Wildman–Crippen LogP) is 1.25. The molecule has 8 nitrogen and oxygen atoms in total. The van der Waals surface area contributed by atoms with Crippen LogP contribution in [-0.4, -0.2) is 61.1 Å². The lowest BCUT2D eigenvalue weighted by Gasteiger charge is -2.38. The number of urea groups is 1. The molecule has 2 heterocycles. The monoisotopic (exact) mass is 386 g/mol. The molecule has 2 fully saturated rings. The van der Waals surface area contributed by atoms with Gasteiger partial charge in [-0.2, -0.15) is 0 Å². The second kappa shape index (κ2) is 8.08. The van der Waals surface area contributed by atoms with Gasteiger partial charge in [0.2, 0.25) is 5.91 Å². The molecule has 0 unspecified atom stereocenters. The Balaban J connectivity index is 1.43. The number of likely N-dealkylation sites (tertiary alicyclic amines) is 1. The first-order valence-electron chi connectivity index (χ1n) is 10.00. The molecule has 0 bridgehead atoms. The number of rotatable bonds is 4. The number of anilines is 1. The van der Waals surface area contributed by atoms with E-state index in [-0.39, 0.29) is 25.0 Å².